The molecule has 0 radical (unpaired) electrons. The quantitative estimate of drug-likeness (QED) is 0.351. The first kappa shape index (κ1) is 28.4. The minimum Gasteiger partial charge on any atom is -0.374 e. The molecule has 3 aromatic rings. The number of nitrogens with one attached hydrogen (secondary N) is 1. The van der Waals surface area contributed by atoms with Crippen molar-refractivity contribution in [1.29, 1.82) is 5.26 Å². The van der Waals surface area contributed by atoms with E-state index in [0.29, 0.717) is 0 Å². The lowest BCUT2D eigenvalue weighted by molar-refractivity contribution is -0.154. The van der Waals surface area contributed by atoms with Gasteiger partial charge in [-0.1, -0.05) is 60.7 Å². The van der Waals surface area contributed by atoms with Crippen LogP contribution >= 0.6 is 0 Å². The lowest BCUT2D eigenvalue weighted by Crippen LogP contribution is -2.49. The highest BCUT2D eigenvalue weighted by Gasteiger charge is 2.59. The molecular formula is C27H29N3O8S. The molecule has 1 aliphatic heterocycles. The van der Waals surface area contributed by atoms with Crippen molar-refractivity contribution in [1.82, 2.24) is 9.55 Å². The Morgan fingerprint density at radius 3 is 2.26 bits per heavy atom. The highest BCUT2D eigenvalue weighted by Crippen LogP contribution is 2.43. The summed E-state index contributed by atoms with van der Waals surface area (Å²) in [4.78, 5) is 27.0. The number of ether oxygens (including phenoxy) is 3. The van der Waals surface area contributed by atoms with Crippen LogP contribution in [0.4, 0.5) is 0 Å². The van der Waals surface area contributed by atoms with Crippen LogP contribution in [0.15, 0.2) is 76.4 Å². The van der Waals surface area contributed by atoms with Gasteiger partial charge in [0.1, 0.15) is 11.7 Å². The van der Waals surface area contributed by atoms with Crippen molar-refractivity contribution >= 4 is 10.1 Å². The molecule has 0 bridgehead atoms. The van der Waals surface area contributed by atoms with Crippen molar-refractivity contribution in [3.63, 3.8) is 0 Å². The number of aromatic amines is 1. The summed E-state index contributed by atoms with van der Waals surface area (Å²) in [5, 5.41) is 9.81. The Bertz CT molecular complexity index is 1530. The van der Waals surface area contributed by atoms with Crippen LogP contribution in [0, 0.1) is 18.3 Å². The lowest BCUT2D eigenvalue weighted by atomic mass is 9.92. The van der Waals surface area contributed by atoms with Crippen molar-refractivity contribution < 1.29 is 26.8 Å². The van der Waals surface area contributed by atoms with Crippen LogP contribution in [0.25, 0.3) is 0 Å². The Balaban J connectivity index is 1.77. The molecule has 0 unspecified atom stereocenters. The SMILES string of the molecule is Cc1cn([C@@H]2O[C@](CC#N)(COCc3ccccc3)[C@@H](OCc3ccccc3)[C@H]2OS(C)(=O)=O)c(=O)[nH]c1=O. The van der Waals surface area contributed by atoms with Gasteiger partial charge in [-0.15, -0.1) is 0 Å². The molecule has 2 heterocycles. The average molecular weight is 556 g/mol. The summed E-state index contributed by atoms with van der Waals surface area (Å²) in [6, 6.07) is 20.6. The zero-order chi connectivity index (χ0) is 28.0. The number of benzene rings is 2. The van der Waals surface area contributed by atoms with Crippen LogP contribution in [0.3, 0.4) is 0 Å². The van der Waals surface area contributed by atoms with Gasteiger partial charge in [0.05, 0.1) is 38.6 Å². The Labute approximate surface area is 225 Å². The van der Waals surface area contributed by atoms with E-state index in [4.69, 9.17) is 18.4 Å². The summed E-state index contributed by atoms with van der Waals surface area (Å²) < 4.78 is 49.8. The van der Waals surface area contributed by atoms with Gasteiger partial charge in [-0.2, -0.15) is 13.7 Å². The van der Waals surface area contributed by atoms with Gasteiger partial charge >= 0.3 is 5.69 Å². The fraction of sp³-hybridized carbons (Fsp3) is 0.370. The minimum absolute atomic E-state index is 0.0383. The predicted molar refractivity (Wildman–Crippen MR) is 140 cm³/mol. The van der Waals surface area contributed by atoms with Crippen molar-refractivity contribution in [2.24, 2.45) is 0 Å². The molecule has 2 aromatic carbocycles. The Morgan fingerprint density at radius 1 is 1.05 bits per heavy atom. The molecule has 12 heteroatoms. The zero-order valence-corrected chi connectivity index (χ0v) is 22.3. The first-order chi connectivity index (χ1) is 18.6. The molecule has 1 saturated heterocycles. The molecule has 1 N–H and O–H groups in total. The summed E-state index contributed by atoms with van der Waals surface area (Å²) in [6.45, 7) is 1.54. The van der Waals surface area contributed by atoms with E-state index in [9.17, 15) is 23.3 Å². The molecule has 0 spiro atoms. The van der Waals surface area contributed by atoms with E-state index in [0.717, 1.165) is 21.9 Å². The number of nitriles is 1. The monoisotopic (exact) mass is 555 g/mol. The molecule has 0 aliphatic carbocycles. The van der Waals surface area contributed by atoms with Gasteiger partial charge in [0, 0.05) is 11.8 Å². The fourth-order valence-corrected chi connectivity index (χ4v) is 5.08. The number of aromatic nitrogens is 2. The molecule has 1 aromatic heterocycles. The highest BCUT2D eigenvalue weighted by molar-refractivity contribution is 7.86. The second kappa shape index (κ2) is 12.1. The Hall–Kier alpha value is -3.60. The van der Waals surface area contributed by atoms with Crippen LogP contribution < -0.4 is 11.2 Å². The first-order valence-electron chi connectivity index (χ1n) is 12.1. The number of aryl methyl sites for hydroxylation is 1. The predicted octanol–water partition coefficient (Wildman–Crippen LogP) is 2.17. The summed E-state index contributed by atoms with van der Waals surface area (Å²) >= 11 is 0. The topological polar surface area (TPSA) is 150 Å². The zero-order valence-electron chi connectivity index (χ0n) is 21.5. The number of hydrogen-bond donors (Lipinski definition) is 1. The summed E-state index contributed by atoms with van der Waals surface area (Å²) in [5.74, 6) is 0. The van der Waals surface area contributed by atoms with Gasteiger partial charge in [-0.05, 0) is 18.1 Å². The summed E-state index contributed by atoms with van der Waals surface area (Å²) in [5.41, 5.74) is -1.11. The van der Waals surface area contributed by atoms with Gasteiger partial charge in [-0.25, -0.2) is 4.79 Å². The van der Waals surface area contributed by atoms with Crippen LogP contribution in [0.2, 0.25) is 0 Å². The molecule has 4 rings (SSSR count). The van der Waals surface area contributed by atoms with Gasteiger partial charge in [0.15, 0.2) is 12.3 Å². The second-order valence-electron chi connectivity index (χ2n) is 9.35. The maximum absolute atomic E-state index is 12.8. The van der Waals surface area contributed by atoms with Crippen molar-refractivity contribution in [3.8, 4) is 6.07 Å². The number of rotatable bonds is 11. The third-order valence-electron chi connectivity index (χ3n) is 6.27. The van der Waals surface area contributed by atoms with Crippen LogP contribution in [0.1, 0.15) is 29.3 Å². The normalized spacial score (nSPS) is 22.9. The molecule has 1 aliphatic rings. The van der Waals surface area contributed by atoms with E-state index in [1.165, 1.54) is 13.1 Å². The molecule has 0 saturated carbocycles. The standard InChI is InChI=1S/C27H29N3O8S/c1-19-15-30(26(32)29-24(19)31)25-22(38-39(2,33)34)23(36-17-21-11-7-4-8-12-21)27(37-25,13-14-28)18-35-16-20-9-5-3-6-10-20/h3-12,15,22-23,25H,13,16-18H2,1-2H3,(H,29,31,32)/t22-,23+,25-,27-/m1/s1. The number of hydrogen-bond acceptors (Lipinski definition) is 9. The van der Waals surface area contributed by atoms with E-state index >= 15 is 0 Å². The van der Waals surface area contributed by atoms with Crippen molar-refractivity contribution in [2.75, 3.05) is 12.9 Å². The summed E-state index contributed by atoms with van der Waals surface area (Å²) in [7, 11) is -4.10. The molecule has 39 heavy (non-hydrogen) atoms. The second-order valence-corrected chi connectivity index (χ2v) is 10.9. The third kappa shape index (κ3) is 6.89. The van der Waals surface area contributed by atoms with E-state index in [1.807, 2.05) is 60.7 Å². The van der Waals surface area contributed by atoms with Gasteiger partial charge in [0.25, 0.3) is 15.7 Å². The first-order valence-corrected chi connectivity index (χ1v) is 14.0. The maximum Gasteiger partial charge on any atom is 0.330 e. The largest absolute Gasteiger partial charge is 0.374 e. The van der Waals surface area contributed by atoms with Gasteiger partial charge < -0.3 is 14.2 Å². The van der Waals surface area contributed by atoms with Crippen LogP contribution in [-0.2, 0) is 41.7 Å². The number of H-pyrrole nitrogens is 1. The van der Waals surface area contributed by atoms with Gasteiger partial charge in [-0.3, -0.25) is 18.5 Å². The molecule has 4 atom stereocenters. The third-order valence-corrected chi connectivity index (χ3v) is 6.84. The highest BCUT2D eigenvalue weighted by atomic mass is 32.2. The van der Waals surface area contributed by atoms with E-state index in [2.05, 4.69) is 11.1 Å². The van der Waals surface area contributed by atoms with Gasteiger partial charge in [0.2, 0.25) is 0 Å². The lowest BCUT2D eigenvalue weighted by Gasteiger charge is -2.33. The summed E-state index contributed by atoms with van der Waals surface area (Å²) in [6.07, 6.45) is -2.05. The van der Waals surface area contributed by atoms with E-state index < -0.39 is 45.4 Å². The molecule has 11 nitrogen and oxygen atoms in total. The van der Waals surface area contributed by atoms with E-state index in [-0.39, 0.29) is 31.8 Å². The van der Waals surface area contributed by atoms with Crippen LogP contribution in [-0.4, -0.2) is 48.6 Å². The van der Waals surface area contributed by atoms with E-state index in [1.54, 1.807) is 0 Å². The molecule has 0 amide bonds. The maximum atomic E-state index is 12.8. The molecular weight excluding hydrogens is 526 g/mol. The fourth-order valence-electron chi connectivity index (χ4n) is 4.48. The molecule has 1 fully saturated rings. The molecule has 206 valence electrons. The Morgan fingerprint density at radius 2 is 1.67 bits per heavy atom. The Kier molecular flexibility index (Phi) is 8.79. The smallest absolute Gasteiger partial charge is 0.330 e. The van der Waals surface area contributed by atoms with Crippen molar-refractivity contribution in [3.05, 3.63) is 104 Å². The minimum atomic E-state index is -4.10. The average Bonchev–Trinajstić information content (AvgIpc) is 3.17. The van der Waals surface area contributed by atoms with Crippen molar-refractivity contribution in [2.45, 2.75) is 50.6 Å². The number of nitrogens with zero attached hydrogens (tertiary/aromatic N) is 2. The van der Waals surface area contributed by atoms with Crippen LogP contribution in [0.5, 0.6) is 0 Å².